The summed E-state index contributed by atoms with van der Waals surface area (Å²) in [5.74, 6) is -0.466. The highest BCUT2D eigenvalue weighted by Crippen LogP contribution is 2.20. The van der Waals surface area contributed by atoms with Gasteiger partial charge in [-0.2, -0.15) is 13.2 Å². The van der Waals surface area contributed by atoms with Crippen molar-refractivity contribution in [3.8, 4) is 0 Å². The maximum atomic E-state index is 12.9. The summed E-state index contributed by atoms with van der Waals surface area (Å²) >= 11 is -0.485. The van der Waals surface area contributed by atoms with Gasteiger partial charge in [-0.1, -0.05) is 12.1 Å². The fourth-order valence-corrected chi connectivity index (χ4v) is 3.56. The van der Waals surface area contributed by atoms with E-state index < -0.39 is 36.8 Å². The molecule has 0 aromatic heterocycles. The van der Waals surface area contributed by atoms with Crippen LogP contribution in [-0.2, 0) is 10.1 Å². The highest BCUT2D eigenvalue weighted by Gasteiger charge is 2.36. The van der Waals surface area contributed by atoms with Crippen LogP contribution in [0.3, 0.4) is 0 Å². The second-order valence-electron chi connectivity index (χ2n) is 3.87. The van der Waals surface area contributed by atoms with Crippen LogP contribution in [0.2, 0.25) is 0 Å². The van der Waals surface area contributed by atoms with Crippen LogP contribution < -0.4 is 21.2 Å². The summed E-state index contributed by atoms with van der Waals surface area (Å²) in [6.07, 6.45) is 0. The Morgan fingerprint density at radius 2 is 1.22 bits per heavy atom. The van der Waals surface area contributed by atoms with Gasteiger partial charge in [-0.15, -0.1) is 0 Å². The topological polar surface area (TPSA) is 57.2 Å². The Morgan fingerprint density at radius 3 is 1.48 bits per heavy atom. The quantitative estimate of drug-likeness (QED) is 0.274. The van der Waals surface area contributed by atoms with Gasteiger partial charge in [0.15, 0.2) is 17.3 Å². The Bertz CT molecular complexity index is 719. The molecule has 0 atom stereocenters. The Labute approximate surface area is 139 Å². The molecule has 0 spiro atoms. The fraction of sp³-hybridized carbons (Fsp3) is 0.0769. The molecule has 0 heterocycles. The second-order valence-corrected chi connectivity index (χ2v) is 8.28. The van der Waals surface area contributed by atoms with Crippen LogP contribution in [0, 0.1) is 18.8 Å². The summed E-state index contributed by atoms with van der Waals surface area (Å²) in [4.78, 5) is 0. The monoisotopic (exact) mass is 466 g/mol. The third-order valence-electron chi connectivity index (χ3n) is 2.08. The standard InChI is InChI=1S/C12H8F2I.CHF3O3S/c13-9-3-1-5-11(7-9)15-12-6-2-4-10(14)8-12;2-1(3,4)8(5,6)7/h1-8H;(H,5,6,7)/q+1;/p-1. The van der Waals surface area contributed by atoms with Crippen LogP contribution in [0.25, 0.3) is 0 Å². The molecule has 23 heavy (non-hydrogen) atoms. The Kier molecular flexibility index (Phi) is 6.89. The summed E-state index contributed by atoms with van der Waals surface area (Å²) in [6.45, 7) is 0. The van der Waals surface area contributed by atoms with E-state index >= 15 is 0 Å². The van der Waals surface area contributed by atoms with Crippen LogP contribution in [0.1, 0.15) is 0 Å². The normalized spacial score (nSPS) is 11.6. The van der Waals surface area contributed by atoms with Gasteiger partial charge in [0.1, 0.15) is 11.6 Å². The molecule has 10 heteroatoms. The van der Waals surface area contributed by atoms with Crippen molar-refractivity contribution in [2.24, 2.45) is 0 Å². The molecule has 0 saturated heterocycles. The van der Waals surface area contributed by atoms with Crippen LogP contribution in [0.4, 0.5) is 22.0 Å². The zero-order valence-electron chi connectivity index (χ0n) is 11.0. The summed E-state index contributed by atoms with van der Waals surface area (Å²) < 4.78 is 86.6. The molecular weight excluding hydrogens is 458 g/mol. The first kappa shape index (κ1) is 19.8. The SMILES string of the molecule is Fc1cccc([I+]c2cccc(F)c2)c1.O=S(=O)([O-])C(F)(F)F. The number of hydrogen-bond acceptors (Lipinski definition) is 3. The summed E-state index contributed by atoms with van der Waals surface area (Å²) in [5, 5.41) is 0. The molecule has 0 aliphatic carbocycles. The Morgan fingerprint density at radius 1 is 0.870 bits per heavy atom. The van der Waals surface area contributed by atoms with E-state index in [1.54, 1.807) is 12.1 Å². The van der Waals surface area contributed by atoms with E-state index in [-0.39, 0.29) is 11.6 Å². The molecule has 0 unspecified atom stereocenters. The lowest BCUT2D eigenvalue weighted by molar-refractivity contribution is -0.597. The molecule has 0 saturated carbocycles. The maximum Gasteiger partial charge on any atom is 0.485 e. The van der Waals surface area contributed by atoms with Gasteiger partial charge < -0.3 is 4.55 Å². The van der Waals surface area contributed by atoms with Crippen LogP contribution in [0.5, 0.6) is 0 Å². The minimum atomic E-state index is -6.09. The number of benzene rings is 2. The molecule has 2 aromatic rings. The minimum Gasteiger partial charge on any atom is -0.741 e. The van der Waals surface area contributed by atoms with Gasteiger partial charge in [-0.3, -0.25) is 0 Å². The number of halogens is 6. The van der Waals surface area contributed by atoms with Crippen molar-refractivity contribution in [3.63, 3.8) is 0 Å². The molecule has 0 aliphatic rings. The first-order valence-electron chi connectivity index (χ1n) is 5.67. The average Bonchev–Trinajstić information content (AvgIpc) is 2.37. The van der Waals surface area contributed by atoms with Crippen LogP contribution in [-0.4, -0.2) is 18.5 Å². The second kappa shape index (κ2) is 8.02. The van der Waals surface area contributed by atoms with E-state index in [2.05, 4.69) is 0 Å². The number of alkyl halides is 3. The molecule has 0 N–H and O–H groups in total. The number of hydrogen-bond donors (Lipinski definition) is 0. The molecule has 0 radical (unpaired) electrons. The fourth-order valence-electron chi connectivity index (χ4n) is 1.16. The average molecular weight is 466 g/mol. The van der Waals surface area contributed by atoms with Gasteiger partial charge in [-0.25, -0.2) is 17.2 Å². The third kappa shape index (κ3) is 7.22. The van der Waals surface area contributed by atoms with Crippen molar-refractivity contribution in [3.05, 3.63) is 67.3 Å². The third-order valence-corrected chi connectivity index (χ3v) is 5.23. The van der Waals surface area contributed by atoms with E-state index in [1.165, 1.54) is 24.3 Å². The Balaban J connectivity index is 0.000000284. The van der Waals surface area contributed by atoms with Crippen molar-refractivity contribution < 1.29 is 56.1 Å². The molecular formula is C13H8F5IO3S. The maximum absolute atomic E-state index is 12.9. The van der Waals surface area contributed by atoms with E-state index in [0.717, 1.165) is 7.14 Å². The smallest absolute Gasteiger partial charge is 0.485 e. The van der Waals surface area contributed by atoms with Gasteiger partial charge in [0.2, 0.25) is 0 Å². The van der Waals surface area contributed by atoms with Crippen molar-refractivity contribution in [2.45, 2.75) is 5.51 Å². The lowest BCUT2D eigenvalue weighted by Crippen LogP contribution is -3.61. The van der Waals surface area contributed by atoms with Crippen molar-refractivity contribution >= 4 is 10.1 Å². The largest absolute Gasteiger partial charge is 0.741 e. The first-order chi connectivity index (χ1) is 10.5. The highest BCUT2D eigenvalue weighted by atomic mass is 127. The van der Waals surface area contributed by atoms with Crippen LogP contribution in [0.15, 0.2) is 48.5 Å². The predicted octanol–water partition coefficient (Wildman–Crippen LogP) is 0.145. The van der Waals surface area contributed by atoms with Gasteiger partial charge >= 0.3 is 26.7 Å². The molecule has 126 valence electrons. The highest BCUT2D eigenvalue weighted by molar-refractivity contribution is 7.86. The minimum absolute atomic E-state index is 0.233. The van der Waals surface area contributed by atoms with E-state index in [0.29, 0.717) is 0 Å². The van der Waals surface area contributed by atoms with Crippen molar-refractivity contribution in [1.29, 1.82) is 0 Å². The zero-order valence-corrected chi connectivity index (χ0v) is 14.0. The summed E-state index contributed by atoms with van der Waals surface area (Å²) in [6, 6.07) is 13.0. The van der Waals surface area contributed by atoms with Crippen LogP contribution >= 0.6 is 0 Å². The molecule has 0 fully saturated rings. The summed E-state index contributed by atoms with van der Waals surface area (Å²) in [7, 11) is -6.09. The molecule has 0 bridgehead atoms. The lowest BCUT2D eigenvalue weighted by atomic mass is 10.4. The summed E-state index contributed by atoms with van der Waals surface area (Å²) in [5.41, 5.74) is -5.65. The number of rotatable bonds is 2. The van der Waals surface area contributed by atoms with Gasteiger partial charge in [-0.05, 0) is 24.3 Å². The lowest BCUT2D eigenvalue weighted by Gasteiger charge is -2.08. The van der Waals surface area contributed by atoms with Crippen molar-refractivity contribution in [2.75, 3.05) is 0 Å². The van der Waals surface area contributed by atoms with E-state index in [4.69, 9.17) is 13.0 Å². The van der Waals surface area contributed by atoms with Gasteiger partial charge in [0, 0.05) is 12.1 Å². The molecule has 3 nitrogen and oxygen atoms in total. The molecule has 2 rings (SSSR count). The van der Waals surface area contributed by atoms with E-state index in [1.807, 2.05) is 12.1 Å². The van der Waals surface area contributed by atoms with Crippen molar-refractivity contribution in [1.82, 2.24) is 0 Å². The molecule has 0 aliphatic heterocycles. The van der Waals surface area contributed by atoms with Gasteiger partial charge in [0.25, 0.3) is 0 Å². The molecule has 2 aromatic carbocycles. The van der Waals surface area contributed by atoms with E-state index in [9.17, 15) is 22.0 Å². The zero-order chi connectivity index (χ0) is 17.7. The molecule has 0 amide bonds. The van der Waals surface area contributed by atoms with Gasteiger partial charge in [0.05, 0.1) is 0 Å². The predicted molar refractivity (Wildman–Crippen MR) is 65.9 cm³/mol. The first-order valence-corrected chi connectivity index (χ1v) is 9.24. The Hall–Kier alpha value is -1.27.